The van der Waals surface area contributed by atoms with Crippen molar-refractivity contribution in [2.45, 2.75) is 45.1 Å². The first kappa shape index (κ1) is 14.5. The molecular weight excluding hydrogens is 232 g/mol. The van der Waals surface area contributed by atoms with Crippen LogP contribution in [0.5, 0.6) is 0 Å². The molecule has 5 heteroatoms. The largest absolute Gasteiger partial charge is 0.481 e. The van der Waals surface area contributed by atoms with E-state index in [0.717, 1.165) is 12.8 Å². The lowest BCUT2D eigenvalue weighted by Crippen LogP contribution is -2.41. The molecule has 0 aliphatic heterocycles. The fourth-order valence-corrected chi connectivity index (χ4v) is 1.96. The maximum atomic E-state index is 11.5. The SMILES string of the molecule is CCCCCCNC(=O)NC1C=CC(C(=O)O)C1. The predicted molar refractivity (Wildman–Crippen MR) is 69.3 cm³/mol. The third-order valence-corrected chi connectivity index (χ3v) is 3.03. The number of urea groups is 1. The van der Waals surface area contributed by atoms with Crippen LogP contribution in [0.4, 0.5) is 4.79 Å². The number of carbonyl (C=O) groups excluding carboxylic acids is 1. The number of carbonyl (C=O) groups is 2. The van der Waals surface area contributed by atoms with Gasteiger partial charge < -0.3 is 15.7 Å². The molecule has 18 heavy (non-hydrogen) atoms. The molecule has 0 bridgehead atoms. The van der Waals surface area contributed by atoms with Crippen LogP contribution in [-0.2, 0) is 4.79 Å². The number of unbranched alkanes of at least 4 members (excludes halogenated alkanes) is 3. The fraction of sp³-hybridized carbons (Fsp3) is 0.692. The minimum atomic E-state index is -0.837. The van der Waals surface area contributed by atoms with Crippen molar-refractivity contribution in [1.82, 2.24) is 10.6 Å². The third kappa shape index (κ3) is 5.21. The van der Waals surface area contributed by atoms with Crippen molar-refractivity contribution in [2.24, 2.45) is 5.92 Å². The van der Waals surface area contributed by atoms with Gasteiger partial charge in [0.1, 0.15) is 0 Å². The number of carboxylic acid groups (broad SMARTS) is 1. The summed E-state index contributed by atoms with van der Waals surface area (Å²) in [6.07, 6.45) is 8.30. The summed E-state index contributed by atoms with van der Waals surface area (Å²) in [5, 5.41) is 14.3. The first-order valence-electron chi connectivity index (χ1n) is 6.59. The molecule has 2 atom stereocenters. The average Bonchev–Trinajstić information content (AvgIpc) is 2.77. The summed E-state index contributed by atoms with van der Waals surface area (Å²) < 4.78 is 0. The Morgan fingerprint density at radius 3 is 2.67 bits per heavy atom. The first-order valence-corrected chi connectivity index (χ1v) is 6.59. The van der Waals surface area contributed by atoms with Gasteiger partial charge in [-0.15, -0.1) is 0 Å². The molecular formula is C13H22N2O3. The van der Waals surface area contributed by atoms with Crippen LogP contribution in [0.15, 0.2) is 12.2 Å². The molecule has 5 nitrogen and oxygen atoms in total. The molecule has 0 aromatic rings. The summed E-state index contributed by atoms with van der Waals surface area (Å²) in [6.45, 7) is 2.82. The fourth-order valence-electron chi connectivity index (χ4n) is 1.96. The van der Waals surface area contributed by atoms with Gasteiger partial charge in [-0.2, -0.15) is 0 Å². The number of hydrogen-bond acceptors (Lipinski definition) is 2. The molecule has 3 N–H and O–H groups in total. The predicted octanol–water partition coefficient (Wildman–Crippen LogP) is 1.90. The zero-order chi connectivity index (χ0) is 13.4. The highest BCUT2D eigenvalue weighted by Crippen LogP contribution is 2.17. The van der Waals surface area contributed by atoms with Crippen LogP contribution in [0.25, 0.3) is 0 Å². The number of nitrogens with one attached hydrogen (secondary N) is 2. The van der Waals surface area contributed by atoms with E-state index in [-0.39, 0.29) is 12.1 Å². The molecule has 2 unspecified atom stereocenters. The summed E-state index contributed by atoms with van der Waals surface area (Å²) >= 11 is 0. The van der Waals surface area contributed by atoms with E-state index in [1.165, 1.54) is 12.8 Å². The molecule has 1 rings (SSSR count). The van der Waals surface area contributed by atoms with Crippen molar-refractivity contribution in [3.63, 3.8) is 0 Å². The second-order valence-corrected chi connectivity index (χ2v) is 4.63. The molecule has 0 fully saturated rings. The van der Waals surface area contributed by atoms with E-state index < -0.39 is 11.9 Å². The minimum absolute atomic E-state index is 0.165. The summed E-state index contributed by atoms with van der Waals surface area (Å²) in [4.78, 5) is 22.2. The topological polar surface area (TPSA) is 78.4 Å². The lowest BCUT2D eigenvalue weighted by molar-refractivity contribution is -0.140. The summed E-state index contributed by atoms with van der Waals surface area (Å²) in [5.41, 5.74) is 0. The van der Waals surface area contributed by atoms with Crippen LogP contribution in [0.3, 0.4) is 0 Å². The molecule has 0 saturated carbocycles. The number of carboxylic acids is 1. The van der Waals surface area contributed by atoms with E-state index in [4.69, 9.17) is 5.11 Å². The summed E-state index contributed by atoms with van der Waals surface area (Å²) in [5.74, 6) is -1.31. The van der Waals surface area contributed by atoms with Gasteiger partial charge in [-0.05, 0) is 12.8 Å². The highest BCUT2D eigenvalue weighted by atomic mass is 16.4. The Morgan fingerprint density at radius 2 is 2.06 bits per heavy atom. The molecule has 0 aromatic heterocycles. The number of aliphatic carboxylic acids is 1. The van der Waals surface area contributed by atoms with E-state index >= 15 is 0 Å². The quantitative estimate of drug-likeness (QED) is 0.479. The van der Waals surface area contributed by atoms with E-state index in [1.54, 1.807) is 12.2 Å². The van der Waals surface area contributed by atoms with E-state index in [0.29, 0.717) is 13.0 Å². The number of hydrogen-bond donors (Lipinski definition) is 3. The molecule has 1 aliphatic carbocycles. The van der Waals surface area contributed by atoms with E-state index in [2.05, 4.69) is 17.6 Å². The molecule has 0 saturated heterocycles. The van der Waals surface area contributed by atoms with Gasteiger partial charge in [-0.25, -0.2) is 4.79 Å². The molecule has 0 radical (unpaired) electrons. The smallest absolute Gasteiger partial charge is 0.315 e. The van der Waals surface area contributed by atoms with Crippen molar-refractivity contribution in [3.05, 3.63) is 12.2 Å². The maximum absolute atomic E-state index is 11.5. The number of rotatable bonds is 7. The van der Waals surface area contributed by atoms with Crippen LogP contribution >= 0.6 is 0 Å². The lowest BCUT2D eigenvalue weighted by atomic mass is 10.1. The molecule has 1 aliphatic rings. The van der Waals surface area contributed by atoms with Gasteiger partial charge in [0.15, 0.2) is 0 Å². The summed E-state index contributed by atoms with van der Waals surface area (Å²) in [6, 6.07) is -0.381. The van der Waals surface area contributed by atoms with Crippen molar-refractivity contribution in [1.29, 1.82) is 0 Å². The van der Waals surface area contributed by atoms with Crippen LogP contribution in [0, 0.1) is 5.92 Å². The van der Waals surface area contributed by atoms with Gasteiger partial charge >= 0.3 is 12.0 Å². The lowest BCUT2D eigenvalue weighted by Gasteiger charge is -2.13. The Kier molecular flexibility index (Phi) is 6.25. The van der Waals surface area contributed by atoms with Gasteiger partial charge in [0.05, 0.1) is 12.0 Å². The Labute approximate surface area is 108 Å². The number of amides is 2. The Morgan fingerprint density at radius 1 is 1.28 bits per heavy atom. The van der Waals surface area contributed by atoms with Crippen LogP contribution in [0.2, 0.25) is 0 Å². The Bertz CT molecular complexity index is 315. The second kappa shape index (κ2) is 7.74. The second-order valence-electron chi connectivity index (χ2n) is 4.63. The van der Waals surface area contributed by atoms with E-state index in [1.807, 2.05) is 0 Å². The zero-order valence-corrected chi connectivity index (χ0v) is 10.8. The van der Waals surface area contributed by atoms with Crippen LogP contribution in [-0.4, -0.2) is 29.7 Å². The Balaban J connectivity index is 2.10. The van der Waals surface area contributed by atoms with Crippen molar-refractivity contribution in [3.8, 4) is 0 Å². The first-order chi connectivity index (χ1) is 8.63. The van der Waals surface area contributed by atoms with Gasteiger partial charge in [0, 0.05) is 6.54 Å². The molecule has 0 spiro atoms. The minimum Gasteiger partial charge on any atom is -0.481 e. The standard InChI is InChI=1S/C13H22N2O3/c1-2-3-4-5-8-14-13(18)15-11-7-6-10(9-11)12(16)17/h6-7,10-11H,2-5,8-9H2,1H3,(H,16,17)(H2,14,15,18). The van der Waals surface area contributed by atoms with Crippen molar-refractivity contribution >= 4 is 12.0 Å². The van der Waals surface area contributed by atoms with Gasteiger partial charge in [-0.1, -0.05) is 38.3 Å². The zero-order valence-electron chi connectivity index (χ0n) is 10.8. The molecule has 102 valence electrons. The molecule has 0 heterocycles. The third-order valence-electron chi connectivity index (χ3n) is 3.03. The monoisotopic (exact) mass is 254 g/mol. The highest BCUT2D eigenvalue weighted by Gasteiger charge is 2.25. The average molecular weight is 254 g/mol. The summed E-state index contributed by atoms with van der Waals surface area (Å²) in [7, 11) is 0. The molecule has 2 amide bonds. The normalized spacial score (nSPS) is 21.8. The van der Waals surface area contributed by atoms with Crippen LogP contribution < -0.4 is 10.6 Å². The van der Waals surface area contributed by atoms with Gasteiger partial charge in [0.2, 0.25) is 0 Å². The Hall–Kier alpha value is -1.52. The maximum Gasteiger partial charge on any atom is 0.315 e. The van der Waals surface area contributed by atoms with E-state index in [9.17, 15) is 9.59 Å². The van der Waals surface area contributed by atoms with Crippen molar-refractivity contribution < 1.29 is 14.7 Å². The van der Waals surface area contributed by atoms with Crippen LogP contribution in [0.1, 0.15) is 39.0 Å². The highest BCUT2D eigenvalue weighted by molar-refractivity contribution is 5.76. The van der Waals surface area contributed by atoms with Gasteiger partial charge in [0.25, 0.3) is 0 Å². The van der Waals surface area contributed by atoms with Crippen molar-refractivity contribution in [2.75, 3.05) is 6.54 Å². The van der Waals surface area contributed by atoms with Gasteiger partial charge in [-0.3, -0.25) is 4.79 Å². The molecule has 0 aromatic carbocycles.